The Balaban J connectivity index is 1.70. The highest BCUT2D eigenvalue weighted by Crippen LogP contribution is 2.32. The highest BCUT2D eigenvalue weighted by Gasteiger charge is 2.18. The minimum absolute atomic E-state index is 0.185. The molecule has 0 saturated heterocycles. The van der Waals surface area contributed by atoms with Gasteiger partial charge in [0.15, 0.2) is 0 Å². The van der Waals surface area contributed by atoms with Gasteiger partial charge >= 0.3 is 0 Å². The van der Waals surface area contributed by atoms with Crippen LogP contribution in [0.4, 0.5) is 5.69 Å². The molecule has 0 aliphatic heterocycles. The molecule has 29 heavy (non-hydrogen) atoms. The largest absolute Gasteiger partial charge is 0.496 e. The average Bonchev–Trinajstić information content (AvgIpc) is 3.13. The standard InChI is InChI=1S/C21H19N3O3S2/c1-13-6-7-15(20-23-17-5-4-10-22-21(17)28-20)12-18(13)24-29(25,26)16-8-9-19(27-3)14(2)11-16/h4-12,24H,1-3H3. The second-order valence-electron chi connectivity index (χ2n) is 6.61. The monoisotopic (exact) mass is 425 g/mol. The van der Waals surface area contributed by atoms with Gasteiger partial charge < -0.3 is 4.74 Å². The summed E-state index contributed by atoms with van der Waals surface area (Å²) in [5.41, 5.74) is 3.75. The summed E-state index contributed by atoms with van der Waals surface area (Å²) in [6.07, 6.45) is 1.73. The summed E-state index contributed by atoms with van der Waals surface area (Å²) in [5.74, 6) is 0.645. The summed E-state index contributed by atoms with van der Waals surface area (Å²) in [7, 11) is -2.19. The van der Waals surface area contributed by atoms with Crippen LogP contribution in [-0.2, 0) is 10.0 Å². The third-order valence-corrected chi connectivity index (χ3v) is 6.96. The Bertz CT molecular complexity index is 1280. The molecule has 0 saturated carbocycles. The van der Waals surface area contributed by atoms with Gasteiger partial charge in [0, 0.05) is 11.8 Å². The Labute approximate surface area is 173 Å². The molecule has 0 spiro atoms. The predicted octanol–water partition coefficient (Wildman–Crippen LogP) is 4.78. The molecular formula is C21H19N3O3S2. The number of anilines is 1. The van der Waals surface area contributed by atoms with Crippen molar-refractivity contribution in [1.82, 2.24) is 9.97 Å². The van der Waals surface area contributed by atoms with E-state index >= 15 is 0 Å². The van der Waals surface area contributed by atoms with E-state index in [1.807, 2.05) is 38.1 Å². The van der Waals surface area contributed by atoms with E-state index in [0.717, 1.165) is 32.0 Å². The molecule has 2 heterocycles. The van der Waals surface area contributed by atoms with Gasteiger partial charge in [-0.2, -0.15) is 0 Å². The molecule has 0 atom stereocenters. The number of hydrogen-bond donors (Lipinski definition) is 1. The molecule has 0 bridgehead atoms. The summed E-state index contributed by atoms with van der Waals surface area (Å²) >= 11 is 1.47. The number of pyridine rings is 1. The highest BCUT2D eigenvalue weighted by atomic mass is 32.2. The third kappa shape index (κ3) is 3.81. The van der Waals surface area contributed by atoms with E-state index in [9.17, 15) is 8.42 Å². The van der Waals surface area contributed by atoms with Crippen molar-refractivity contribution in [2.24, 2.45) is 0 Å². The zero-order chi connectivity index (χ0) is 20.6. The second kappa shape index (κ2) is 7.46. The number of thiazole rings is 1. The number of ether oxygens (including phenoxy) is 1. The van der Waals surface area contributed by atoms with Crippen molar-refractivity contribution in [2.75, 3.05) is 11.8 Å². The van der Waals surface area contributed by atoms with Gasteiger partial charge in [-0.1, -0.05) is 23.5 Å². The van der Waals surface area contributed by atoms with Gasteiger partial charge in [0.05, 0.1) is 17.7 Å². The van der Waals surface area contributed by atoms with E-state index in [0.29, 0.717) is 11.4 Å². The average molecular weight is 426 g/mol. The van der Waals surface area contributed by atoms with Crippen molar-refractivity contribution in [2.45, 2.75) is 18.7 Å². The normalized spacial score (nSPS) is 11.6. The molecule has 0 radical (unpaired) electrons. The van der Waals surface area contributed by atoms with E-state index in [4.69, 9.17) is 4.74 Å². The minimum Gasteiger partial charge on any atom is -0.496 e. The lowest BCUT2D eigenvalue weighted by Gasteiger charge is -2.13. The zero-order valence-corrected chi connectivity index (χ0v) is 17.8. The summed E-state index contributed by atoms with van der Waals surface area (Å²) in [6.45, 7) is 3.67. The zero-order valence-electron chi connectivity index (χ0n) is 16.1. The van der Waals surface area contributed by atoms with Crippen LogP contribution in [0.5, 0.6) is 5.75 Å². The fraction of sp³-hybridized carbons (Fsp3) is 0.143. The lowest BCUT2D eigenvalue weighted by atomic mass is 10.1. The molecule has 4 rings (SSSR count). The molecule has 4 aromatic rings. The van der Waals surface area contributed by atoms with Gasteiger partial charge in [0.2, 0.25) is 0 Å². The summed E-state index contributed by atoms with van der Waals surface area (Å²) in [4.78, 5) is 9.96. The van der Waals surface area contributed by atoms with Crippen LogP contribution in [0, 0.1) is 13.8 Å². The van der Waals surface area contributed by atoms with Crippen molar-refractivity contribution in [3.63, 3.8) is 0 Å². The van der Waals surface area contributed by atoms with Gasteiger partial charge in [-0.3, -0.25) is 4.72 Å². The molecule has 0 amide bonds. The number of aryl methyl sites for hydroxylation is 2. The first-order valence-electron chi connectivity index (χ1n) is 8.87. The van der Waals surface area contributed by atoms with Crippen LogP contribution in [0.1, 0.15) is 11.1 Å². The first kappa shape index (κ1) is 19.4. The quantitative estimate of drug-likeness (QED) is 0.497. The molecule has 0 aliphatic rings. The van der Waals surface area contributed by atoms with Gasteiger partial charge in [0.25, 0.3) is 10.0 Å². The molecule has 2 aromatic heterocycles. The topological polar surface area (TPSA) is 81.2 Å². The maximum Gasteiger partial charge on any atom is 0.261 e. The van der Waals surface area contributed by atoms with E-state index in [2.05, 4.69) is 14.7 Å². The van der Waals surface area contributed by atoms with Gasteiger partial charge in [-0.25, -0.2) is 18.4 Å². The number of hydrogen-bond acceptors (Lipinski definition) is 6. The van der Waals surface area contributed by atoms with Crippen LogP contribution in [-0.4, -0.2) is 25.5 Å². The first-order valence-corrected chi connectivity index (χ1v) is 11.2. The van der Waals surface area contributed by atoms with Crippen molar-refractivity contribution in [3.05, 3.63) is 65.9 Å². The fourth-order valence-electron chi connectivity index (χ4n) is 2.98. The maximum absolute atomic E-state index is 12.9. The lowest BCUT2D eigenvalue weighted by molar-refractivity contribution is 0.411. The van der Waals surface area contributed by atoms with Crippen LogP contribution in [0.15, 0.2) is 59.6 Å². The summed E-state index contributed by atoms with van der Waals surface area (Å²) in [5, 5.41) is 0.791. The van der Waals surface area contributed by atoms with Gasteiger partial charge in [-0.05, 0) is 61.4 Å². The van der Waals surface area contributed by atoms with Crippen molar-refractivity contribution in [3.8, 4) is 16.3 Å². The molecule has 6 nitrogen and oxygen atoms in total. The van der Waals surface area contributed by atoms with E-state index in [-0.39, 0.29) is 4.90 Å². The molecule has 0 fully saturated rings. The minimum atomic E-state index is -3.74. The number of nitrogens with one attached hydrogen (secondary N) is 1. The lowest BCUT2D eigenvalue weighted by Crippen LogP contribution is -2.14. The van der Waals surface area contributed by atoms with Gasteiger partial charge in [-0.15, -0.1) is 0 Å². The Hall–Kier alpha value is -2.97. The van der Waals surface area contributed by atoms with E-state index in [1.54, 1.807) is 31.5 Å². The molecule has 1 N–H and O–H groups in total. The second-order valence-corrected chi connectivity index (χ2v) is 9.27. The molecule has 0 aliphatic carbocycles. The van der Waals surface area contributed by atoms with Crippen LogP contribution in [0.3, 0.4) is 0 Å². The smallest absolute Gasteiger partial charge is 0.261 e. The van der Waals surface area contributed by atoms with Crippen molar-refractivity contribution >= 4 is 37.4 Å². The molecule has 148 valence electrons. The maximum atomic E-state index is 12.9. The van der Waals surface area contributed by atoms with Crippen LogP contribution < -0.4 is 9.46 Å². The molecule has 2 aromatic carbocycles. The van der Waals surface area contributed by atoms with Crippen molar-refractivity contribution < 1.29 is 13.2 Å². The Morgan fingerprint density at radius 2 is 1.86 bits per heavy atom. The van der Waals surface area contributed by atoms with E-state index < -0.39 is 10.0 Å². The number of fused-ring (bicyclic) bond motifs is 1. The highest BCUT2D eigenvalue weighted by molar-refractivity contribution is 7.92. The van der Waals surface area contributed by atoms with E-state index in [1.165, 1.54) is 17.4 Å². The van der Waals surface area contributed by atoms with Crippen LogP contribution in [0.2, 0.25) is 0 Å². The number of rotatable bonds is 5. The number of methoxy groups -OCH3 is 1. The summed E-state index contributed by atoms with van der Waals surface area (Å²) in [6, 6.07) is 14.2. The number of sulfonamides is 1. The number of nitrogens with zero attached hydrogens (tertiary/aromatic N) is 2. The van der Waals surface area contributed by atoms with Crippen LogP contribution >= 0.6 is 11.3 Å². The molecule has 0 unspecified atom stereocenters. The van der Waals surface area contributed by atoms with Gasteiger partial charge in [0.1, 0.15) is 21.1 Å². The first-order chi connectivity index (χ1) is 13.9. The van der Waals surface area contributed by atoms with Crippen LogP contribution in [0.25, 0.3) is 20.9 Å². The Morgan fingerprint density at radius 3 is 2.59 bits per heavy atom. The predicted molar refractivity (Wildman–Crippen MR) is 116 cm³/mol. The number of benzene rings is 2. The van der Waals surface area contributed by atoms with Crippen molar-refractivity contribution in [1.29, 1.82) is 0 Å². The molecule has 8 heteroatoms. The SMILES string of the molecule is COc1ccc(S(=O)(=O)Nc2cc(-c3nc4cccnc4s3)ccc2C)cc1C. The molecular weight excluding hydrogens is 406 g/mol. The number of aromatic nitrogens is 2. The third-order valence-electron chi connectivity index (χ3n) is 4.57. The Kier molecular flexibility index (Phi) is 4.97. The fourth-order valence-corrected chi connectivity index (χ4v) is 5.09. The Morgan fingerprint density at radius 1 is 1.03 bits per heavy atom. The summed E-state index contributed by atoms with van der Waals surface area (Å²) < 4.78 is 33.8.